The summed E-state index contributed by atoms with van der Waals surface area (Å²) in [5.41, 5.74) is 1.13. The van der Waals surface area contributed by atoms with Crippen molar-refractivity contribution < 1.29 is 22.7 Å². The van der Waals surface area contributed by atoms with Gasteiger partial charge in [0.05, 0.1) is 5.69 Å². The van der Waals surface area contributed by atoms with Crippen molar-refractivity contribution in [2.24, 2.45) is 0 Å². The molecule has 0 saturated carbocycles. The molecule has 0 saturated heterocycles. The van der Waals surface area contributed by atoms with Crippen molar-refractivity contribution in [3.8, 4) is 0 Å². The molecule has 0 atom stereocenters. The second-order valence-corrected chi connectivity index (χ2v) is 6.86. The maximum absolute atomic E-state index is 12.3. The lowest BCUT2D eigenvalue weighted by Gasteiger charge is -2.10. The van der Waals surface area contributed by atoms with Crippen LogP contribution in [-0.2, 0) is 10.0 Å². The fraction of sp³-hybridized carbons (Fsp3) is 0.154. The molecule has 0 spiro atoms. The van der Waals surface area contributed by atoms with Crippen LogP contribution in [0.2, 0.25) is 0 Å². The van der Waals surface area contributed by atoms with Crippen LogP contribution in [0.3, 0.4) is 0 Å². The van der Waals surface area contributed by atoms with Gasteiger partial charge in [-0.15, -0.1) is 0 Å². The number of aromatic carboxylic acids is 1. The lowest BCUT2D eigenvalue weighted by Crippen LogP contribution is -2.14. The Labute approximate surface area is 130 Å². The first-order chi connectivity index (χ1) is 9.72. The molecule has 6 nitrogen and oxygen atoms in total. The average molecular weight is 374 g/mol. The van der Waals surface area contributed by atoms with Gasteiger partial charge in [0.1, 0.15) is 10.7 Å². The van der Waals surface area contributed by atoms with Crippen LogP contribution in [-0.4, -0.2) is 19.5 Å². The predicted molar refractivity (Wildman–Crippen MR) is 80.1 cm³/mol. The van der Waals surface area contributed by atoms with E-state index in [1.165, 1.54) is 6.92 Å². The molecule has 0 aliphatic carbocycles. The molecular formula is C13H12BrNO5S. The number of carboxylic acid groups (broad SMARTS) is 1. The Hall–Kier alpha value is -1.80. The van der Waals surface area contributed by atoms with E-state index in [4.69, 9.17) is 9.52 Å². The highest BCUT2D eigenvalue weighted by atomic mass is 79.9. The molecule has 112 valence electrons. The Bertz CT molecular complexity index is 810. The lowest BCUT2D eigenvalue weighted by molar-refractivity contribution is 0.0661. The minimum atomic E-state index is -3.92. The van der Waals surface area contributed by atoms with Gasteiger partial charge in [-0.25, -0.2) is 13.2 Å². The zero-order valence-electron chi connectivity index (χ0n) is 11.2. The highest BCUT2D eigenvalue weighted by Gasteiger charge is 2.24. The molecule has 0 amide bonds. The van der Waals surface area contributed by atoms with E-state index in [9.17, 15) is 13.2 Å². The van der Waals surface area contributed by atoms with Crippen LogP contribution in [0.25, 0.3) is 0 Å². The van der Waals surface area contributed by atoms with Crippen molar-refractivity contribution in [2.45, 2.75) is 18.7 Å². The summed E-state index contributed by atoms with van der Waals surface area (Å²) >= 11 is 3.32. The third-order valence-electron chi connectivity index (χ3n) is 2.88. The monoisotopic (exact) mass is 373 g/mol. The van der Waals surface area contributed by atoms with Gasteiger partial charge in [-0.1, -0.05) is 22.0 Å². The van der Waals surface area contributed by atoms with Crippen LogP contribution in [0, 0.1) is 13.8 Å². The molecule has 0 bridgehead atoms. The molecule has 0 aliphatic heterocycles. The largest absolute Gasteiger partial charge is 0.475 e. The van der Waals surface area contributed by atoms with Crippen molar-refractivity contribution in [3.63, 3.8) is 0 Å². The molecule has 1 aromatic carbocycles. The van der Waals surface area contributed by atoms with Crippen LogP contribution >= 0.6 is 15.9 Å². The van der Waals surface area contributed by atoms with Gasteiger partial charge >= 0.3 is 5.97 Å². The number of rotatable bonds is 4. The number of carboxylic acids is 1. The minimum Gasteiger partial charge on any atom is -0.475 e. The van der Waals surface area contributed by atoms with Crippen molar-refractivity contribution in [2.75, 3.05) is 4.72 Å². The Morgan fingerprint density at radius 3 is 2.57 bits per heavy atom. The van der Waals surface area contributed by atoms with Crippen molar-refractivity contribution in [1.82, 2.24) is 0 Å². The molecule has 0 radical (unpaired) electrons. The first-order valence-corrected chi connectivity index (χ1v) is 8.11. The fourth-order valence-corrected chi connectivity index (χ4v) is 3.42. The SMILES string of the molecule is Cc1oc(C(=O)O)cc1S(=O)(=O)Nc1cccc(Br)c1C. The average Bonchev–Trinajstić information content (AvgIpc) is 2.78. The first-order valence-electron chi connectivity index (χ1n) is 5.84. The topological polar surface area (TPSA) is 96.6 Å². The molecule has 2 N–H and O–H groups in total. The van der Waals surface area contributed by atoms with E-state index in [0.717, 1.165) is 16.1 Å². The zero-order chi connectivity index (χ0) is 15.8. The van der Waals surface area contributed by atoms with Gasteiger partial charge in [-0.05, 0) is 31.5 Å². The maximum Gasteiger partial charge on any atom is 0.371 e. The van der Waals surface area contributed by atoms with E-state index in [1.54, 1.807) is 25.1 Å². The molecule has 8 heteroatoms. The lowest BCUT2D eigenvalue weighted by atomic mass is 10.2. The van der Waals surface area contributed by atoms with Gasteiger partial charge in [-0.2, -0.15) is 0 Å². The van der Waals surface area contributed by atoms with Crippen LogP contribution in [0.15, 0.2) is 38.1 Å². The number of sulfonamides is 1. The summed E-state index contributed by atoms with van der Waals surface area (Å²) in [7, 11) is -3.92. The van der Waals surface area contributed by atoms with Crippen LogP contribution in [0.4, 0.5) is 5.69 Å². The van der Waals surface area contributed by atoms with Crippen molar-refractivity contribution in [1.29, 1.82) is 0 Å². The van der Waals surface area contributed by atoms with Crippen LogP contribution in [0.1, 0.15) is 21.9 Å². The Kier molecular flexibility index (Phi) is 4.11. The number of benzene rings is 1. The van der Waals surface area contributed by atoms with Crippen LogP contribution in [0.5, 0.6) is 0 Å². The molecule has 2 rings (SSSR count). The van der Waals surface area contributed by atoms with E-state index in [-0.39, 0.29) is 10.7 Å². The normalized spacial score (nSPS) is 11.4. The molecule has 0 fully saturated rings. The van der Waals surface area contributed by atoms with Gasteiger partial charge in [0.2, 0.25) is 5.76 Å². The smallest absolute Gasteiger partial charge is 0.371 e. The van der Waals surface area contributed by atoms with E-state index in [0.29, 0.717) is 5.69 Å². The number of hydrogen-bond acceptors (Lipinski definition) is 4. The van der Waals surface area contributed by atoms with Gasteiger partial charge in [0.15, 0.2) is 0 Å². The van der Waals surface area contributed by atoms with Gasteiger partial charge < -0.3 is 9.52 Å². The summed E-state index contributed by atoms with van der Waals surface area (Å²) in [6.45, 7) is 3.15. The number of halogens is 1. The number of nitrogens with one attached hydrogen (secondary N) is 1. The number of carbonyl (C=O) groups is 1. The Balaban J connectivity index is 2.43. The summed E-state index contributed by atoms with van der Waals surface area (Å²) in [6, 6.07) is 6.09. The third-order valence-corrected chi connectivity index (χ3v) is 5.22. The molecule has 2 aromatic rings. The Morgan fingerprint density at radius 1 is 1.33 bits per heavy atom. The van der Waals surface area contributed by atoms with Crippen LogP contribution < -0.4 is 4.72 Å². The molecular weight excluding hydrogens is 362 g/mol. The van der Waals surface area contributed by atoms with Gasteiger partial charge in [0, 0.05) is 10.5 Å². The van der Waals surface area contributed by atoms with E-state index >= 15 is 0 Å². The molecule has 1 heterocycles. The van der Waals surface area contributed by atoms with E-state index < -0.39 is 21.8 Å². The Morgan fingerprint density at radius 2 is 2.00 bits per heavy atom. The second-order valence-electron chi connectivity index (χ2n) is 4.35. The summed E-state index contributed by atoms with van der Waals surface area (Å²) in [6.07, 6.45) is 0. The summed E-state index contributed by atoms with van der Waals surface area (Å²) in [5, 5.41) is 8.84. The van der Waals surface area contributed by atoms with Gasteiger partial charge in [0.25, 0.3) is 10.0 Å². The molecule has 21 heavy (non-hydrogen) atoms. The van der Waals surface area contributed by atoms with Crippen molar-refractivity contribution >= 4 is 37.6 Å². The zero-order valence-corrected chi connectivity index (χ0v) is 13.6. The number of anilines is 1. The minimum absolute atomic E-state index is 0.0209. The molecule has 1 aromatic heterocycles. The first kappa shape index (κ1) is 15.6. The fourth-order valence-electron chi connectivity index (χ4n) is 1.76. The third kappa shape index (κ3) is 3.11. The second kappa shape index (κ2) is 5.53. The standard InChI is InChI=1S/C13H12BrNO5S/c1-7-9(14)4-3-5-10(7)15-21(18,19)12-6-11(13(16)17)20-8(12)2/h3-6,15H,1-2H3,(H,16,17). The highest BCUT2D eigenvalue weighted by molar-refractivity contribution is 9.10. The summed E-state index contributed by atoms with van der Waals surface area (Å²) < 4.78 is 32.8. The number of hydrogen-bond donors (Lipinski definition) is 2. The van der Waals surface area contributed by atoms with E-state index in [2.05, 4.69) is 20.7 Å². The van der Waals surface area contributed by atoms with Gasteiger partial charge in [-0.3, -0.25) is 4.72 Å². The number of furan rings is 1. The maximum atomic E-state index is 12.3. The molecule has 0 aliphatic rings. The van der Waals surface area contributed by atoms with E-state index in [1.807, 2.05) is 0 Å². The molecule has 0 unspecified atom stereocenters. The van der Waals surface area contributed by atoms with Crippen molar-refractivity contribution in [3.05, 3.63) is 45.8 Å². The predicted octanol–water partition coefficient (Wildman–Crippen LogP) is 3.16. The number of aryl methyl sites for hydroxylation is 1. The quantitative estimate of drug-likeness (QED) is 0.857. The summed E-state index contributed by atoms with van der Waals surface area (Å²) in [5.74, 6) is -1.72. The summed E-state index contributed by atoms with van der Waals surface area (Å²) in [4.78, 5) is 10.6. The highest BCUT2D eigenvalue weighted by Crippen LogP contribution is 2.27.